The standard InChI is InChI=1S/C15H26N2OS/c1-4-12-13(10-16)19-14(17-12)15(18-5-2)8-6-11(3)7-9-15/h11H,4-10,16H2,1-3H3. The van der Waals surface area contributed by atoms with Crippen LogP contribution in [0.15, 0.2) is 0 Å². The molecule has 0 spiro atoms. The first kappa shape index (κ1) is 14.9. The van der Waals surface area contributed by atoms with Crippen LogP contribution in [0.25, 0.3) is 0 Å². The van der Waals surface area contributed by atoms with E-state index < -0.39 is 0 Å². The Hall–Kier alpha value is -0.450. The summed E-state index contributed by atoms with van der Waals surface area (Å²) >= 11 is 1.77. The van der Waals surface area contributed by atoms with E-state index in [0.29, 0.717) is 6.54 Å². The van der Waals surface area contributed by atoms with Crippen molar-refractivity contribution in [3.8, 4) is 0 Å². The van der Waals surface area contributed by atoms with Crippen LogP contribution in [0.4, 0.5) is 0 Å². The molecule has 0 atom stereocenters. The Morgan fingerprint density at radius 2 is 2.05 bits per heavy atom. The van der Waals surface area contributed by atoms with Gasteiger partial charge in [0.05, 0.1) is 5.69 Å². The van der Waals surface area contributed by atoms with Crippen LogP contribution >= 0.6 is 11.3 Å². The highest BCUT2D eigenvalue weighted by molar-refractivity contribution is 7.11. The molecule has 1 fully saturated rings. The summed E-state index contributed by atoms with van der Waals surface area (Å²) in [5.74, 6) is 0.813. The molecule has 4 heteroatoms. The molecule has 108 valence electrons. The topological polar surface area (TPSA) is 48.1 Å². The van der Waals surface area contributed by atoms with E-state index in [1.807, 2.05) is 0 Å². The van der Waals surface area contributed by atoms with Crippen molar-refractivity contribution in [2.75, 3.05) is 6.61 Å². The van der Waals surface area contributed by atoms with Crippen LogP contribution in [0.5, 0.6) is 0 Å². The van der Waals surface area contributed by atoms with Crippen molar-refractivity contribution in [2.45, 2.75) is 65.0 Å². The average molecular weight is 282 g/mol. The third-order valence-corrected chi connectivity index (χ3v) is 5.50. The van der Waals surface area contributed by atoms with Gasteiger partial charge in [-0.05, 0) is 44.9 Å². The first-order chi connectivity index (χ1) is 9.15. The highest BCUT2D eigenvalue weighted by Crippen LogP contribution is 2.44. The Morgan fingerprint density at radius 3 is 2.53 bits per heavy atom. The van der Waals surface area contributed by atoms with Gasteiger partial charge in [-0.2, -0.15) is 0 Å². The van der Waals surface area contributed by atoms with Crippen LogP contribution in [0.2, 0.25) is 0 Å². The molecule has 19 heavy (non-hydrogen) atoms. The predicted octanol–water partition coefficient (Wildman–Crippen LogP) is 3.61. The number of aromatic nitrogens is 1. The fourth-order valence-electron chi connectivity index (χ4n) is 2.94. The molecule has 0 unspecified atom stereocenters. The maximum Gasteiger partial charge on any atom is 0.125 e. The lowest BCUT2D eigenvalue weighted by atomic mass is 9.79. The molecule has 2 rings (SSSR count). The maximum absolute atomic E-state index is 6.17. The Labute approximate surface area is 120 Å². The number of nitrogens with two attached hydrogens (primary N) is 1. The largest absolute Gasteiger partial charge is 0.368 e. The number of ether oxygens (including phenoxy) is 1. The van der Waals surface area contributed by atoms with Crippen molar-refractivity contribution >= 4 is 11.3 Å². The summed E-state index contributed by atoms with van der Waals surface area (Å²) in [6, 6.07) is 0. The minimum absolute atomic E-state index is 0.136. The van der Waals surface area contributed by atoms with Crippen molar-refractivity contribution < 1.29 is 4.74 Å². The van der Waals surface area contributed by atoms with Gasteiger partial charge in [-0.15, -0.1) is 11.3 Å². The van der Waals surface area contributed by atoms with Gasteiger partial charge in [-0.1, -0.05) is 13.8 Å². The molecule has 1 aliphatic carbocycles. The van der Waals surface area contributed by atoms with Gasteiger partial charge in [-0.25, -0.2) is 4.98 Å². The van der Waals surface area contributed by atoms with Crippen LogP contribution < -0.4 is 5.73 Å². The molecular weight excluding hydrogens is 256 g/mol. The fraction of sp³-hybridized carbons (Fsp3) is 0.800. The number of rotatable bonds is 5. The van der Waals surface area contributed by atoms with Crippen LogP contribution in [0.1, 0.15) is 62.0 Å². The second kappa shape index (κ2) is 6.33. The zero-order valence-electron chi connectivity index (χ0n) is 12.4. The summed E-state index contributed by atoms with van der Waals surface area (Å²) < 4.78 is 6.17. The Morgan fingerprint density at radius 1 is 1.37 bits per heavy atom. The number of hydrogen-bond donors (Lipinski definition) is 1. The summed E-state index contributed by atoms with van der Waals surface area (Å²) in [4.78, 5) is 6.08. The molecule has 1 aromatic rings. The molecule has 1 aliphatic rings. The van der Waals surface area contributed by atoms with Gasteiger partial charge in [-0.3, -0.25) is 0 Å². The predicted molar refractivity (Wildman–Crippen MR) is 80.3 cm³/mol. The molecule has 1 heterocycles. The number of nitrogens with zero attached hydrogens (tertiary/aromatic N) is 1. The first-order valence-corrected chi connectivity index (χ1v) is 8.30. The number of aryl methyl sites for hydroxylation is 1. The Bertz CT molecular complexity index is 387. The van der Waals surface area contributed by atoms with Crippen molar-refractivity contribution in [3.63, 3.8) is 0 Å². The Balaban J connectivity index is 2.30. The van der Waals surface area contributed by atoms with Crippen LogP contribution in [0.3, 0.4) is 0 Å². The van der Waals surface area contributed by atoms with Crippen molar-refractivity contribution in [1.29, 1.82) is 0 Å². The lowest BCUT2D eigenvalue weighted by Gasteiger charge is -2.37. The van der Waals surface area contributed by atoms with Gasteiger partial charge in [0, 0.05) is 18.0 Å². The molecule has 0 radical (unpaired) electrons. The van der Waals surface area contributed by atoms with E-state index in [9.17, 15) is 0 Å². The van der Waals surface area contributed by atoms with E-state index in [2.05, 4.69) is 20.8 Å². The fourth-order valence-corrected chi connectivity index (χ4v) is 4.17. The van der Waals surface area contributed by atoms with Gasteiger partial charge in [0.2, 0.25) is 0 Å². The van der Waals surface area contributed by atoms with E-state index in [1.165, 1.54) is 28.4 Å². The van der Waals surface area contributed by atoms with E-state index >= 15 is 0 Å². The summed E-state index contributed by atoms with van der Waals surface area (Å²) in [6.07, 6.45) is 5.63. The summed E-state index contributed by atoms with van der Waals surface area (Å²) in [5.41, 5.74) is 6.87. The molecular formula is C15H26N2OS. The lowest BCUT2D eigenvalue weighted by Crippen LogP contribution is -2.34. The van der Waals surface area contributed by atoms with Crippen molar-refractivity contribution in [3.05, 3.63) is 15.6 Å². The number of thiazole rings is 1. The molecule has 3 nitrogen and oxygen atoms in total. The summed E-state index contributed by atoms with van der Waals surface area (Å²) in [6.45, 7) is 7.92. The van der Waals surface area contributed by atoms with Crippen molar-refractivity contribution in [2.24, 2.45) is 11.7 Å². The lowest BCUT2D eigenvalue weighted by molar-refractivity contribution is -0.0777. The van der Waals surface area contributed by atoms with E-state index in [-0.39, 0.29) is 5.60 Å². The average Bonchev–Trinajstić information content (AvgIpc) is 2.85. The van der Waals surface area contributed by atoms with Gasteiger partial charge in [0.1, 0.15) is 10.6 Å². The van der Waals surface area contributed by atoms with E-state index in [0.717, 1.165) is 31.8 Å². The molecule has 0 bridgehead atoms. The monoisotopic (exact) mass is 282 g/mol. The molecule has 1 aromatic heterocycles. The molecule has 1 saturated carbocycles. The summed E-state index contributed by atoms with van der Waals surface area (Å²) in [5, 5.41) is 1.17. The van der Waals surface area contributed by atoms with Gasteiger partial charge in [0.15, 0.2) is 0 Å². The Kier molecular flexibility index (Phi) is 4.98. The highest BCUT2D eigenvalue weighted by Gasteiger charge is 2.39. The SMILES string of the molecule is CCOC1(c2nc(CC)c(CN)s2)CCC(C)CC1. The maximum atomic E-state index is 6.17. The summed E-state index contributed by atoms with van der Waals surface area (Å²) in [7, 11) is 0. The zero-order valence-corrected chi connectivity index (χ0v) is 13.2. The minimum atomic E-state index is -0.136. The van der Waals surface area contributed by atoms with E-state index in [1.54, 1.807) is 11.3 Å². The smallest absolute Gasteiger partial charge is 0.125 e. The molecule has 0 saturated heterocycles. The molecule has 0 aliphatic heterocycles. The highest BCUT2D eigenvalue weighted by atomic mass is 32.1. The molecule has 0 amide bonds. The van der Waals surface area contributed by atoms with Crippen LogP contribution in [-0.4, -0.2) is 11.6 Å². The second-order valence-corrected chi connectivity index (χ2v) is 6.64. The normalized spacial score (nSPS) is 27.7. The quantitative estimate of drug-likeness (QED) is 0.897. The minimum Gasteiger partial charge on any atom is -0.368 e. The van der Waals surface area contributed by atoms with Gasteiger partial charge in [0.25, 0.3) is 0 Å². The zero-order chi connectivity index (χ0) is 13.9. The molecule has 0 aromatic carbocycles. The first-order valence-electron chi connectivity index (χ1n) is 7.48. The van der Waals surface area contributed by atoms with E-state index in [4.69, 9.17) is 15.5 Å². The third-order valence-electron chi connectivity index (χ3n) is 4.19. The van der Waals surface area contributed by atoms with Gasteiger partial charge >= 0.3 is 0 Å². The third kappa shape index (κ3) is 3.01. The van der Waals surface area contributed by atoms with Crippen LogP contribution in [0, 0.1) is 5.92 Å². The second-order valence-electron chi connectivity index (χ2n) is 5.56. The van der Waals surface area contributed by atoms with Gasteiger partial charge < -0.3 is 10.5 Å². The number of hydrogen-bond acceptors (Lipinski definition) is 4. The van der Waals surface area contributed by atoms with Crippen LogP contribution in [-0.2, 0) is 23.3 Å². The van der Waals surface area contributed by atoms with Crippen molar-refractivity contribution in [1.82, 2.24) is 4.98 Å². The molecule has 2 N–H and O–H groups in total.